The van der Waals surface area contributed by atoms with Gasteiger partial charge in [-0.2, -0.15) is 0 Å². The van der Waals surface area contributed by atoms with E-state index in [1.807, 2.05) is 0 Å². The van der Waals surface area contributed by atoms with Crippen molar-refractivity contribution in [3.05, 3.63) is 0 Å². The molecular weight excluding hydrogens is 198 g/mol. The van der Waals surface area contributed by atoms with Crippen LogP contribution >= 0.6 is 0 Å². The Morgan fingerprint density at radius 2 is 2.07 bits per heavy atom. The van der Waals surface area contributed by atoms with Gasteiger partial charge in [0.05, 0.1) is 12.6 Å². The standard InChI is InChI=1S/C9H19N3O3/c1-12(6-8(11)13)9(14)7(10)4-3-5-15-2/h7H,3-6,10H2,1-2H3,(H2,11,13). The molecule has 0 radical (unpaired) electrons. The van der Waals surface area contributed by atoms with E-state index in [9.17, 15) is 9.59 Å². The van der Waals surface area contributed by atoms with Crippen LogP contribution in [0.4, 0.5) is 0 Å². The van der Waals surface area contributed by atoms with Crippen LogP contribution in [0.2, 0.25) is 0 Å². The number of ether oxygens (including phenoxy) is 1. The number of carbonyl (C=O) groups is 2. The zero-order valence-electron chi connectivity index (χ0n) is 9.23. The number of hydrogen-bond acceptors (Lipinski definition) is 4. The SMILES string of the molecule is COCCCC(N)C(=O)N(C)CC(N)=O. The third kappa shape index (κ3) is 6.03. The molecular formula is C9H19N3O3. The Labute approximate surface area is 89.5 Å². The van der Waals surface area contributed by atoms with E-state index in [2.05, 4.69) is 0 Å². The van der Waals surface area contributed by atoms with Crippen molar-refractivity contribution < 1.29 is 14.3 Å². The first-order chi connectivity index (χ1) is 6.99. The molecule has 0 aromatic heterocycles. The van der Waals surface area contributed by atoms with Gasteiger partial charge in [0, 0.05) is 20.8 Å². The van der Waals surface area contributed by atoms with Crippen LogP contribution in [0.3, 0.4) is 0 Å². The lowest BCUT2D eigenvalue weighted by Crippen LogP contribution is -2.45. The van der Waals surface area contributed by atoms with Gasteiger partial charge < -0.3 is 21.1 Å². The lowest BCUT2D eigenvalue weighted by molar-refractivity contribution is -0.135. The van der Waals surface area contributed by atoms with Crippen LogP contribution in [0, 0.1) is 0 Å². The fraction of sp³-hybridized carbons (Fsp3) is 0.778. The van der Waals surface area contributed by atoms with E-state index in [-0.39, 0.29) is 12.5 Å². The highest BCUT2D eigenvalue weighted by Gasteiger charge is 2.18. The highest BCUT2D eigenvalue weighted by atomic mass is 16.5. The first-order valence-electron chi connectivity index (χ1n) is 4.76. The van der Waals surface area contributed by atoms with Crippen LogP contribution in [-0.2, 0) is 14.3 Å². The molecule has 88 valence electrons. The molecule has 0 aliphatic heterocycles. The van der Waals surface area contributed by atoms with Crippen molar-refractivity contribution in [2.45, 2.75) is 18.9 Å². The number of likely N-dealkylation sites (N-methyl/N-ethyl adjacent to an activating group) is 1. The average Bonchev–Trinajstić information content (AvgIpc) is 2.15. The maximum Gasteiger partial charge on any atom is 0.239 e. The van der Waals surface area contributed by atoms with Crippen molar-refractivity contribution >= 4 is 11.8 Å². The van der Waals surface area contributed by atoms with Crippen molar-refractivity contribution in [2.75, 3.05) is 27.3 Å². The van der Waals surface area contributed by atoms with Crippen LogP contribution in [0.1, 0.15) is 12.8 Å². The van der Waals surface area contributed by atoms with Crippen LogP contribution in [-0.4, -0.2) is 50.1 Å². The molecule has 0 saturated heterocycles. The third-order valence-corrected chi connectivity index (χ3v) is 1.95. The molecule has 4 N–H and O–H groups in total. The zero-order chi connectivity index (χ0) is 11.8. The predicted octanol–water partition coefficient (Wildman–Crippen LogP) is -1.32. The Kier molecular flexibility index (Phi) is 6.64. The molecule has 0 aliphatic rings. The molecule has 6 nitrogen and oxygen atoms in total. The van der Waals surface area contributed by atoms with E-state index in [0.29, 0.717) is 19.4 Å². The van der Waals surface area contributed by atoms with E-state index >= 15 is 0 Å². The zero-order valence-corrected chi connectivity index (χ0v) is 9.23. The number of carbonyl (C=O) groups excluding carboxylic acids is 2. The monoisotopic (exact) mass is 217 g/mol. The van der Waals surface area contributed by atoms with E-state index in [1.165, 1.54) is 11.9 Å². The summed E-state index contributed by atoms with van der Waals surface area (Å²) in [6.07, 6.45) is 1.25. The van der Waals surface area contributed by atoms with E-state index in [4.69, 9.17) is 16.2 Å². The van der Waals surface area contributed by atoms with Crippen LogP contribution < -0.4 is 11.5 Å². The number of methoxy groups -OCH3 is 1. The van der Waals surface area contributed by atoms with Gasteiger partial charge in [0.25, 0.3) is 0 Å². The first kappa shape index (κ1) is 13.9. The third-order valence-electron chi connectivity index (χ3n) is 1.95. The molecule has 0 spiro atoms. The molecule has 0 aromatic carbocycles. The van der Waals surface area contributed by atoms with Gasteiger partial charge in [-0.05, 0) is 12.8 Å². The summed E-state index contributed by atoms with van der Waals surface area (Å²) in [5, 5.41) is 0. The van der Waals surface area contributed by atoms with Crippen molar-refractivity contribution in [1.82, 2.24) is 4.90 Å². The van der Waals surface area contributed by atoms with Crippen LogP contribution in [0.25, 0.3) is 0 Å². The second-order valence-electron chi connectivity index (χ2n) is 3.40. The molecule has 0 heterocycles. The number of nitrogens with two attached hydrogens (primary N) is 2. The van der Waals surface area contributed by atoms with Gasteiger partial charge in [-0.15, -0.1) is 0 Å². The second kappa shape index (κ2) is 7.19. The van der Waals surface area contributed by atoms with Gasteiger partial charge in [0.15, 0.2) is 0 Å². The molecule has 0 bridgehead atoms. The minimum atomic E-state index is -0.593. The Hall–Kier alpha value is -1.14. The minimum Gasteiger partial charge on any atom is -0.385 e. The molecule has 0 aliphatic carbocycles. The highest BCUT2D eigenvalue weighted by molar-refractivity contribution is 5.86. The molecule has 15 heavy (non-hydrogen) atoms. The summed E-state index contributed by atoms with van der Waals surface area (Å²) < 4.78 is 4.84. The van der Waals surface area contributed by atoms with E-state index in [1.54, 1.807) is 7.11 Å². The van der Waals surface area contributed by atoms with Gasteiger partial charge in [-0.25, -0.2) is 0 Å². The highest BCUT2D eigenvalue weighted by Crippen LogP contribution is 1.98. The predicted molar refractivity (Wildman–Crippen MR) is 55.9 cm³/mol. The summed E-state index contributed by atoms with van der Waals surface area (Å²) in [7, 11) is 3.09. The maximum absolute atomic E-state index is 11.5. The van der Waals surface area contributed by atoms with Crippen LogP contribution in [0.15, 0.2) is 0 Å². The fourth-order valence-electron chi connectivity index (χ4n) is 1.17. The van der Waals surface area contributed by atoms with Gasteiger partial charge in [0.1, 0.15) is 0 Å². The molecule has 0 fully saturated rings. The second-order valence-corrected chi connectivity index (χ2v) is 3.40. The van der Waals surface area contributed by atoms with Crippen molar-refractivity contribution in [1.29, 1.82) is 0 Å². The van der Waals surface area contributed by atoms with Crippen molar-refractivity contribution in [2.24, 2.45) is 11.5 Å². The van der Waals surface area contributed by atoms with Gasteiger partial charge in [-0.3, -0.25) is 9.59 Å². The minimum absolute atomic E-state index is 0.100. The Morgan fingerprint density at radius 1 is 1.47 bits per heavy atom. The molecule has 0 aromatic rings. The molecule has 0 saturated carbocycles. The molecule has 0 rings (SSSR count). The van der Waals surface area contributed by atoms with Crippen molar-refractivity contribution in [3.63, 3.8) is 0 Å². The summed E-state index contributed by atoms with van der Waals surface area (Å²) in [4.78, 5) is 23.3. The summed E-state index contributed by atoms with van der Waals surface area (Å²) in [5.74, 6) is -0.820. The number of nitrogens with zero attached hydrogens (tertiary/aromatic N) is 1. The van der Waals surface area contributed by atoms with Gasteiger partial charge >= 0.3 is 0 Å². The molecule has 1 unspecified atom stereocenters. The number of rotatable bonds is 7. The van der Waals surface area contributed by atoms with E-state index < -0.39 is 11.9 Å². The van der Waals surface area contributed by atoms with Crippen LogP contribution in [0.5, 0.6) is 0 Å². The number of hydrogen-bond donors (Lipinski definition) is 2. The smallest absolute Gasteiger partial charge is 0.239 e. The van der Waals surface area contributed by atoms with Crippen molar-refractivity contribution in [3.8, 4) is 0 Å². The largest absolute Gasteiger partial charge is 0.385 e. The Morgan fingerprint density at radius 3 is 2.53 bits per heavy atom. The summed E-state index contributed by atoms with van der Waals surface area (Å²) in [5.41, 5.74) is 10.6. The topological polar surface area (TPSA) is 98.7 Å². The summed E-state index contributed by atoms with van der Waals surface area (Å²) >= 11 is 0. The van der Waals surface area contributed by atoms with Gasteiger partial charge in [0.2, 0.25) is 11.8 Å². The maximum atomic E-state index is 11.5. The van der Waals surface area contributed by atoms with Gasteiger partial charge in [-0.1, -0.05) is 0 Å². The molecule has 2 amide bonds. The normalized spacial score (nSPS) is 12.2. The molecule has 6 heteroatoms. The lowest BCUT2D eigenvalue weighted by atomic mass is 10.1. The summed E-state index contributed by atoms with van der Waals surface area (Å²) in [6, 6.07) is -0.593. The average molecular weight is 217 g/mol. The lowest BCUT2D eigenvalue weighted by Gasteiger charge is -2.19. The number of primary amides is 1. The molecule has 1 atom stereocenters. The number of amides is 2. The quantitative estimate of drug-likeness (QED) is 0.517. The summed E-state index contributed by atoms with van der Waals surface area (Å²) in [6.45, 7) is 0.470. The Bertz CT molecular complexity index is 221. The Balaban J connectivity index is 3.90. The first-order valence-corrected chi connectivity index (χ1v) is 4.76. The fourth-order valence-corrected chi connectivity index (χ4v) is 1.17. The van der Waals surface area contributed by atoms with E-state index in [0.717, 1.165) is 0 Å².